The topological polar surface area (TPSA) is 84.2 Å². The average molecular weight is 259 g/mol. The number of carbonyl (C=O) groups excluding carboxylic acids is 2. The molecule has 0 bridgehead atoms. The molecule has 19 heavy (non-hydrogen) atoms. The number of hydrogen-bond acceptors (Lipinski definition) is 2. The van der Waals surface area contributed by atoms with Crippen LogP contribution < -0.4 is 16.4 Å². The first-order chi connectivity index (χ1) is 9.13. The fourth-order valence-electron chi connectivity index (χ4n) is 2.13. The van der Waals surface area contributed by atoms with E-state index < -0.39 is 6.03 Å². The smallest absolute Gasteiger partial charge is 0.316 e. The summed E-state index contributed by atoms with van der Waals surface area (Å²) in [7, 11) is 0. The number of rotatable bonds is 4. The van der Waals surface area contributed by atoms with E-state index in [9.17, 15) is 9.59 Å². The maximum Gasteiger partial charge on any atom is 0.316 e. The molecule has 0 saturated heterocycles. The summed E-state index contributed by atoms with van der Waals surface area (Å²) in [5.41, 5.74) is 6.25. The molecule has 4 N–H and O–H groups in total. The Labute approximate surface area is 111 Å². The lowest BCUT2D eigenvalue weighted by atomic mass is 10.1. The van der Waals surface area contributed by atoms with Gasteiger partial charge < -0.3 is 16.4 Å². The van der Waals surface area contributed by atoms with E-state index in [1.807, 2.05) is 0 Å². The van der Waals surface area contributed by atoms with Crippen LogP contribution in [0.2, 0.25) is 0 Å². The molecule has 0 aromatic heterocycles. The van der Waals surface area contributed by atoms with Crippen LogP contribution in [0.5, 0.6) is 0 Å². The molecule has 1 aliphatic rings. The van der Waals surface area contributed by atoms with Crippen molar-refractivity contribution in [1.82, 2.24) is 0 Å². The van der Waals surface area contributed by atoms with E-state index in [1.54, 1.807) is 24.3 Å². The molecule has 0 radical (unpaired) electrons. The second-order valence-corrected chi connectivity index (χ2v) is 4.59. The molecule has 1 atom stereocenters. The Hall–Kier alpha value is -2.30. The highest BCUT2D eigenvalue weighted by Crippen LogP contribution is 2.21. The molecule has 5 heteroatoms. The lowest BCUT2D eigenvalue weighted by Gasteiger charge is -2.10. The quantitative estimate of drug-likeness (QED) is 0.726. The van der Waals surface area contributed by atoms with Crippen LogP contribution in [0, 0.1) is 5.92 Å². The van der Waals surface area contributed by atoms with Gasteiger partial charge in [-0.3, -0.25) is 4.79 Å². The Bertz CT molecular complexity index is 511. The number of nitrogens with two attached hydrogens (primary N) is 1. The highest BCUT2D eigenvalue weighted by molar-refractivity contribution is 5.93. The summed E-state index contributed by atoms with van der Waals surface area (Å²) in [6.07, 6.45) is 6.77. The van der Waals surface area contributed by atoms with Crippen molar-refractivity contribution >= 4 is 23.3 Å². The lowest BCUT2D eigenvalue weighted by Crippen LogP contribution is -2.19. The highest BCUT2D eigenvalue weighted by Gasteiger charge is 2.14. The number of hydrogen-bond donors (Lipinski definition) is 3. The number of urea groups is 1. The van der Waals surface area contributed by atoms with Crippen LogP contribution in [0.25, 0.3) is 0 Å². The molecule has 1 aliphatic carbocycles. The van der Waals surface area contributed by atoms with Gasteiger partial charge in [0.1, 0.15) is 0 Å². The molecule has 0 spiro atoms. The zero-order valence-corrected chi connectivity index (χ0v) is 10.6. The molecule has 2 rings (SSSR count). The van der Waals surface area contributed by atoms with Crippen LogP contribution in [-0.4, -0.2) is 11.9 Å². The van der Waals surface area contributed by atoms with Crippen LogP contribution in [0.3, 0.4) is 0 Å². The fourth-order valence-corrected chi connectivity index (χ4v) is 2.13. The summed E-state index contributed by atoms with van der Waals surface area (Å²) in [5.74, 6) is 0.319. The normalized spacial score (nSPS) is 17.2. The number of allylic oxidation sites excluding steroid dienone is 2. The predicted molar refractivity (Wildman–Crippen MR) is 74.8 cm³/mol. The number of nitrogens with one attached hydrogen (secondary N) is 2. The van der Waals surface area contributed by atoms with Gasteiger partial charge in [0.15, 0.2) is 0 Å². The fraction of sp³-hybridized carbons (Fsp3) is 0.286. The minimum absolute atomic E-state index is 0.0206. The van der Waals surface area contributed by atoms with Crippen LogP contribution >= 0.6 is 0 Å². The summed E-state index contributed by atoms with van der Waals surface area (Å²) in [4.78, 5) is 22.6. The van der Waals surface area contributed by atoms with Gasteiger partial charge in [-0.1, -0.05) is 18.2 Å². The van der Waals surface area contributed by atoms with E-state index in [0.29, 0.717) is 23.7 Å². The Morgan fingerprint density at radius 1 is 1.26 bits per heavy atom. The van der Waals surface area contributed by atoms with E-state index in [-0.39, 0.29) is 5.91 Å². The minimum atomic E-state index is -0.625. The minimum Gasteiger partial charge on any atom is -0.351 e. The SMILES string of the molecule is NC(=O)Nc1cccc(NC(=O)CC2C=CCC2)c1. The zero-order valence-electron chi connectivity index (χ0n) is 10.6. The number of carbonyl (C=O) groups is 2. The maximum absolute atomic E-state index is 11.8. The van der Waals surface area contributed by atoms with E-state index in [2.05, 4.69) is 22.8 Å². The zero-order chi connectivity index (χ0) is 13.7. The Morgan fingerprint density at radius 2 is 2.00 bits per heavy atom. The summed E-state index contributed by atoms with van der Waals surface area (Å²) < 4.78 is 0. The summed E-state index contributed by atoms with van der Waals surface area (Å²) >= 11 is 0. The molecule has 3 amide bonds. The third-order valence-corrected chi connectivity index (χ3v) is 2.97. The second-order valence-electron chi connectivity index (χ2n) is 4.59. The molecule has 0 saturated carbocycles. The van der Waals surface area contributed by atoms with Crippen LogP contribution in [0.15, 0.2) is 36.4 Å². The van der Waals surface area contributed by atoms with Crippen molar-refractivity contribution in [2.75, 3.05) is 10.6 Å². The van der Waals surface area contributed by atoms with E-state index in [1.165, 1.54) is 0 Å². The van der Waals surface area contributed by atoms with Crippen LogP contribution in [-0.2, 0) is 4.79 Å². The van der Waals surface area contributed by atoms with Crippen LogP contribution in [0.4, 0.5) is 16.2 Å². The molecule has 0 heterocycles. The van der Waals surface area contributed by atoms with Crippen molar-refractivity contribution in [2.24, 2.45) is 11.7 Å². The van der Waals surface area contributed by atoms with Crippen molar-refractivity contribution in [1.29, 1.82) is 0 Å². The maximum atomic E-state index is 11.8. The molecular weight excluding hydrogens is 242 g/mol. The molecule has 100 valence electrons. The van der Waals surface area contributed by atoms with E-state index in [4.69, 9.17) is 5.73 Å². The van der Waals surface area contributed by atoms with Crippen molar-refractivity contribution in [3.8, 4) is 0 Å². The highest BCUT2D eigenvalue weighted by atomic mass is 16.2. The number of amides is 3. The lowest BCUT2D eigenvalue weighted by molar-refractivity contribution is -0.116. The largest absolute Gasteiger partial charge is 0.351 e. The van der Waals surface area contributed by atoms with Gasteiger partial charge in [0, 0.05) is 17.8 Å². The molecule has 0 aliphatic heterocycles. The van der Waals surface area contributed by atoms with Crippen LogP contribution in [0.1, 0.15) is 19.3 Å². The third-order valence-electron chi connectivity index (χ3n) is 2.97. The number of primary amides is 1. The average Bonchev–Trinajstić information content (AvgIpc) is 2.81. The van der Waals surface area contributed by atoms with Gasteiger partial charge in [0.05, 0.1) is 0 Å². The van der Waals surface area contributed by atoms with E-state index >= 15 is 0 Å². The molecule has 0 fully saturated rings. The van der Waals surface area contributed by atoms with Crippen molar-refractivity contribution in [3.63, 3.8) is 0 Å². The third kappa shape index (κ3) is 4.13. The van der Waals surface area contributed by atoms with Crippen molar-refractivity contribution in [3.05, 3.63) is 36.4 Å². The second kappa shape index (κ2) is 6.04. The standard InChI is InChI=1S/C14H17N3O2/c15-14(19)17-12-7-3-6-11(9-12)16-13(18)8-10-4-1-2-5-10/h1,3-4,6-7,9-10H,2,5,8H2,(H,16,18)(H3,15,17,19). The first-order valence-electron chi connectivity index (χ1n) is 6.26. The summed E-state index contributed by atoms with van der Waals surface area (Å²) in [5, 5.41) is 5.29. The van der Waals surface area contributed by atoms with Gasteiger partial charge in [-0.05, 0) is 37.0 Å². The van der Waals surface area contributed by atoms with Gasteiger partial charge in [0.2, 0.25) is 5.91 Å². The number of anilines is 2. The van der Waals surface area contributed by atoms with Gasteiger partial charge >= 0.3 is 6.03 Å². The Balaban J connectivity index is 1.92. The molecular formula is C14H17N3O2. The van der Waals surface area contributed by atoms with Gasteiger partial charge in [-0.15, -0.1) is 0 Å². The summed E-state index contributed by atoms with van der Waals surface area (Å²) in [6.45, 7) is 0. The van der Waals surface area contributed by atoms with Gasteiger partial charge in [0.25, 0.3) is 0 Å². The molecule has 1 unspecified atom stereocenters. The molecule has 5 nitrogen and oxygen atoms in total. The Morgan fingerprint density at radius 3 is 2.63 bits per heavy atom. The first-order valence-corrected chi connectivity index (χ1v) is 6.26. The first kappa shape index (κ1) is 13.1. The molecule has 1 aromatic rings. The monoisotopic (exact) mass is 259 g/mol. The molecule has 1 aromatic carbocycles. The number of benzene rings is 1. The van der Waals surface area contributed by atoms with E-state index in [0.717, 1.165) is 12.8 Å². The van der Waals surface area contributed by atoms with Crippen molar-refractivity contribution in [2.45, 2.75) is 19.3 Å². The van der Waals surface area contributed by atoms with Gasteiger partial charge in [-0.25, -0.2) is 4.79 Å². The van der Waals surface area contributed by atoms with Gasteiger partial charge in [-0.2, -0.15) is 0 Å². The predicted octanol–water partition coefficient (Wildman–Crippen LogP) is 2.47. The van der Waals surface area contributed by atoms with Crippen molar-refractivity contribution < 1.29 is 9.59 Å². The summed E-state index contributed by atoms with van der Waals surface area (Å²) in [6, 6.07) is 6.28. The Kier molecular flexibility index (Phi) is 4.18.